The van der Waals surface area contributed by atoms with Crippen molar-refractivity contribution < 1.29 is 18.3 Å². The van der Waals surface area contributed by atoms with E-state index < -0.39 is 11.7 Å². The Morgan fingerprint density at radius 3 is 2.53 bits per heavy atom. The third kappa shape index (κ3) is 4.20. The number of benzene rings is 1. The molecule has 96 valence electrons. The molecular formula is C11H13BrF3NO. The Morgan fingerprint density at radius 2 is 2.06 bits per heavy atom. The standard InChI is InChI=1S/C11H13BrF3NO/c1-7(4-5-17)16-10-3-2-8(6-9(10)12)11(13,14)15/h2-3,6-7,16-17H,4-5H2,1H3. The first kappa shape index (κ1) is 14.3. The Kier molecular flexibility index (Phi) is 4.82. The molecule has 1 unspecified atom stereocenters. The van der Waals surface area contributed by atoms with E-state index in [9.17, 15) is 13.2 Å². The summed E-state index contributed by atoms with van der Waals surface area (Å²) < 4.78 is 37.6. The topological polar surface area (TPSA) is 32.3 Å². The molecule has 2 N–H and O–H groups in total. The molecule has 0 aromatic heterocycles. The lowest BCUT2D eigenvalue weighted by Gasteiger charge is -2.16. The first-order chi connectivity index (χ1) is 7.84. The molecule has 1 aromatic rings. The number of hydrogen-bond acceptors (Lipinski definition) is 2. The van der Waals surface area contributed by atoms with Gasteiger partial charge in [-0.2, -0.15) is 13.2 Å². The smallest absolute Gasteiger partial charge is 0.396 e. The lowest BCUT2D eigenvalue weighted by molar-refractivity contribution is -0.137. The maximum absolute atomic E-state index is 12.4. The molecule has 1 rings (SSSR count). The van der Waals surface area contributed by atoms with Gasteiger partial charge in [-0.05, 0) is 47.5 Å². The van der Waals surface area contributed by atoms with Crippen molar-refractivity contribution in [2.45, 2.75) is 25.6 Å². The quantitative estimate of drug-likeness (QED) is 0.889. The van der Waals surface area contributed by atoms with E-state index in [0.717, 1.165) is 12.1 Å². The summed E-state index contributed by atoms with van der Waals surface area (Å²) in [7, 11) is 0. The van der Waals surface area contributed by atoms with Crippen LogP contribution in [0.15, 0.2) is 22.7 Å². The molecule has 0 aliphatic carbocycles. The average molecular weight is 312 g/mol. The van der Waals surface area contributed by atoms with E-state index >= 15 is 0 Å². The minimum Gasteiger partial charge on any atom is -0.396 e. The summed E-state index contributed by atoms with van der Waals surface area (Å²) in [5.74, 6) is 0. The van der Waals surface area contributed by atoms with Crippen molar-refractivity contribution in [3.8, 4) is 0 Å². The van der Waals surface area contributed by atoms with Gasteiger partial charge >= 0.3 is 6.18 Å². The normalized spacial score (nSPS) is 13.5. The Balaban J connectivity index is 2.83. The Morgan fingerprint density at radius 1 is 1.41 bits per heavy atom. The van der Waals surface area contributed by atoms with E-state index in [0.29, 0.717) is 16.6 Å². The molecule has 17 heavy (non-hydrogen) atoms. The van der Waals surface area contributed by atoms with Gasteiger partial charge in [-0.1, -0.05) is 0 Å². The zero-order chi connectivity index (χ0) is 13.1. The molecule has 0 aliphatic heterocycles. The van der Waals surface area contributed by atoms with Gasteiger partial charge < -0.3 is 10.4 Å². The lowest BCUT2D eigenvalue weighted by atomic mass is 10.1. The lowest BCUT2D eigenvalue weighted by Crippen LogP contribution is -2.17. The van der Waals surface area contributed by atoms with Gasteiger partial charge in [0.1, 0.15) is 0 Å². The van der Waals surface area contributed by atoms with Crippen LogP contribution >= 0.6 is 15.9 Å². The van der Waals surface area contributed by atoms with Crippen molar-refractivity contribution in [2.75, 3.05) is 11.9 Å². The summed E-state index contributed by atoms with van der Waals surface area (Å²) in [6.45, 7) is 1.88. The predicted octanol–water partition coefficient (Wildman–Crippen LogP) is 3.65. The van der Waals surface area contributed by atoms with Crippen molar-refractivity contribution in [1.29, 1.82) is 0 Å². The minimum atomic E-state index is -4.34. The molecule has 0 fully saturated rings. The molecule has 0 saturated heterocycles. The Hall–Kier alpha value is -0.750. The zero-order valence-corrected chi connectivity index (χ0v) is 10.8. The summed E-state index contributed by atoms with van der Waals surface area (Å²) in [6.07, 6.45) is -3.80. The zero-order valence-electron chi connectivity index (χ0n) is 9.18. The van der Waals surface area contributed by atoms with Crippen LogP contribution in [0, 0.1) is 0 Å². The fourth-order valence-corrected chi connectivity index (χ4v) is 1.83. The van der Waals surface area contributed by atoms with Crippen molar-refractivity contribution in [3.63, 3.8) is 0 Å². The largest absolute Gasteiger partial charge is 0.416 e. The summed E-state index contributed by atoms with van der Waals surface area (Å²) in [5.41, 5.74) is -0.108. The van der Waals surface area contributed by atoms with Gasteiger partial charge in [-0.15, -0.1) is 0 Å². The van der Waals surface area contributed by atoms with Crippen LogP contribution in [0.3, 0.4) is 0 Å². The summed E-state index contributed by atoms with van der Waals surface area (Å²) >= 11 is 3.09. The van der Waals surface area contributed by atoms with E-state index in [4.69, 9.17) is 5.11 Å². The molecule has 0 aliphatic rings. The predicted molar refractivity (Wildman–Crippen MR) is 63.9 cm³/mol. The highest BCUT2D eigenvalue weighted by Crippen LogP contribution is 2.34. The molecule has 6 heteroatoms. The number of rotatable bonds is 4. The van der Waals surface area contributed by atoms with Crippen LogP contribution < -0.4 is 5.32 Å². The Bertz CT molecular complexity index is 381. The number of hydrogen-bond donors (Lipinski definition) is 2. The molecule has 1 atom stereocenters. The number of aliphatic hydroxyl groups is 1. The maximum Gasteiger partial charge on any atom is 0.416 e. The van der Waals surface area contributed by atoms with Crippen LogP contribution in [0.1, 0.15) is 18.9 Å². The number of aliphatic hydroxyl groups excluding tert-OH is 1. The molecule has 0 bridgehead atoms. The number of halogens is 4. The van der Waals surface area contributed by atoms with Crippen LogP contribution in [0.2, 0.25) is 0 Å². The SMILES string of the molecule is CC(CCO)Nc1ccc(C(F)(F)F)cc1Br. The molecule has 1 aromatic carbocycles. The summed E-state index contributed by atoms with van der Waals surface area (Å²) in [6, 6.07) is 3.43. The van der Waals surface area contributed by atoms with Crippen LogP contribution in [-0.4, -0.2) is 17.8 Å². The average Bonchev–Trinajstić information content (AvgIpc) is 2.20. The Labute approximate surface area is 106 Å². The molecule has 2 nitrogen and oxygen atoms in total. The number of alkyl halides is 3. The molecule has 0 heterocycles. The summed E-state index contributed by atoms with van der Waals surface area (Å²) in [4.78, 5) is 0. The van der Waals surface area contributed by atoms with E-state index in [1.807, 2.05) is 6.92 Å². The molecule has 0 amide bonds. The second kappa shape index (κ2) is 5.73. The first-order valence-corrected chi connectivity index (χ1v) is 5.88. The van der Waals surface area contributed by atoms with Crippen LogP contribution in [0.5, 0.6) is 0 Å². The van der Waals surface area contributed by atoms with Crippen LogP contribution in [0.25, 0.3) is 0 Å². The number of nitrogens with one attached hydrogen (secondary N) is 1. The van der Waals surface area contributed by atoms with Gasteiger partial charge in [0.25, 0.3) is 0 Å². The second-order valence-corrected chi connectivity index (χ2v) is 4.60. The summed E-state index contributed by atoms with van der Waals surface area (Å²) in [5, 5.41) is 11.7. The maximum atomic E-state index is 12.4. The van der Waals surface area contributed by atoms with Gasteiger partial charge in [0, 0.05) is 22.8 Å². The van der Waals surface area contributed by atoms with E-state index in [1.54, 1.807) is 0 Å². The van der Waals surface area contributed by atoms with Crippen LogP contribution in [0.4, 0.5) is 18.9 Å². The van der Waals surface area contributed by atoms with Crippen molar-refractivity contribution in [2.24, 2.45) is 0 Å². The third-order valence-corrected chi connectivity index (χ3v) is 2.92. The fourth-order valence-electron chi connectivity index (χ4n) is 1.34. The molecule has 0 saturated carbocycles. The van der Waals surface area contributed by atoms with Gasteiger partial charge in [0.05, 0.1) is 5.56 Å². The molecular weight excluding hydrogens is 299 g/mol. The van der Waals surface area contributed by atoms with Gasteiger partial charge in [-0.25, -0.2) is 0 Å². The van der Waals surface area contributed by atoms with Crippen molar-refractivity contribution in [3.05, 3.63) is 28.2 Å². The highest BCUT2D eigenvalue weighted by atomic mass is 79.9. The number of anilines is 1. The van der Waals surface area contributed by atoms with Gasteiger partial charge in [0.15, 0.2) is 0 Å². The van der Waals surface area contributed by atoms with Crippen molar-refractivity contribution in [1.82, 2.24) is 0 Å². The molecule has 0 spiro atoms. The fraction of sp³-hybridized carbons (Fsp3) is 0.455. The highest BCUT2D eigenvalue weighted by molar-refractivity contribution is 9.10. The highest BCUT2D eigenvalue weighted by Gasteiger charge is 2.30. The van der Waals surface area contributed by atoms with Gasteiger partial charge in [-0.3, -0.25) is 0 Å². The first-order valence-electron chi connectivity index (χ1n) is 5.08. The van der Waals surface area contributed by atoms with E-state index in [2.05, 4.69) is 21.2 Å². The van der Waals surface area contributed by atoms with Crippen LogP contribution in [-0.2, 0) is 6.18 Å². The second-order valence-electron chi connectivity index (χ2n) is 3.75. The van der Waals surface area contributed by atoms with Gasteiger partial charge in [0.2, 0.25) is 0 Å². The van der Waals surface area contributed by atoms with E-state index in [1.165, 1.54) is 6.07 Å². The molecule has 0 radical (unpaired) electrons. The monoisotopic (exact) mass is 311 g/mol. The third-order valence-electron chi connectivity index (χ3n) is 2.26. The minimum absolute atomic E-state index is 0.00645. The van der Waals surface area contributed by atoms with E-state index in [-0.39, 0.29) is 12.6 Å². The van der Waals surface area contributed by atoms with Crippen molar-refractivity contribution >= 4 is 21.6 Å².